The van der Waals surface area contributed by atoms with Gasteiger partial charge >= 0.3 is 6.09 Å². The van der Waals surface area contributed by atoms with Gasteiger partial charge in [0.05, 0.1) is 7.11 Å². The molecule has 0 aliphatic rings. The van der Waals surface area contributed by atoms with Gasteiger partial charge in [-0.05, 0) is 24.0 Å². The number of hydroxylamine groups is 2. The minimum absolute atomic E-state index is 0.145. The lowest BCUT2D eigenvalue weighted by Crippen LogP contribution is -2.47. The summed E-state index contributed by atoms with van der Waals surface area (Å²) in [7, 11) is 2.91. The van der Waals surface area contributed by atoms with Crippen LogP contribution in [-0.2, 0) is 27.4 Å². The molecule has 2 amide bonds. The number of hydrogen-bond acceptors (Lipinski definition) is 4. The van der Waals surface area contributed by atoms with E-state index in [1.165, 1.54) is 14.2 Å². The predicted octanol–water partition coefficient (Wildman–Crippen LogP) is 2.93. The fraction of sp³-hybridized carbons (Fsp3) is 0.300. The number of ether oxygens (including phenoxy) is 1. The first kappa shape index (κ1) is 19.5. The largest absolute Gasteiger partial charge is 0.445 e. The monoisotopic (exact) mass is 356 g/mol. The van der Waals surface area contributed by atoms with E-state index in [4.69, 9.17) is 9.57 Å². The minimum Gasteiger partial charge on any atom is -0.445 e. The molecule has 1 N–H and O–H groups in total. The standard InChI is InChI=1S/C20H24N2O4/c1-22(25-2)19(23)18(14-13-16-9-5-3-6-10-16)21-20(24)26-15-17-11-7-4-8-12-17/h3-12,18H,13-15H2,1-2H3,(H,21,24)/t18-/m0/s1. The number of likely N-dealkylation sites (N-methyl/N-ethyl adjacent to an activating group) is 1. The summed E-state index contributed by atoms with van der Waals surface area (Å²) in [6, 6.07) is 18.4. The van der Waals surface area contributed by atoms with Gasteiger partial charge < -0.3 is 10.1 Å². The van der Waals surface area contributed by atoms with Crippen LogP contribution in [-0.4, -0.2) is 37.3 Å². The summed E-state index contributed by atoms with van der Waals surface area (Å²) in [6.07, 6.45) is 0.454. The van der Waals surface area contributed by atoms with Crippen LogP contribution in [0.5, 0.6) is 0 Å². The number of nitrogens with one attached hydrogen (secondary N) is 1. The molecule has 0 aliphatic carbocycles. The van der Waals surface area contributed by atoms with Gasteiger partial charge in [-0.25, -0.2) is 9.86 Å². The number of benzene rings is 2. The zero-order chi connectivity index (χ0) is 18.8. The van der Waals surface area contributed by atoms with E-state index in [0.717, 1.165) is 16.2 Å². The number of carbonyl (C=O) groups excluding carboxylic acids is 2. The molecule has 2 aromatic rings. The Kier molecular flexibility index (Phi) is 7.64. The second kappa shape index (κ2) is 10.2. The first-order valence-corrected chi connectivity index (χ1v) is 8.43. The lowest BCUT2D eigenvalue weighted by atomic mass is 10.0. The third kappa shape index (κ3) is 6.22. The fourth-order valence-electron chi connectivity index (χ4n) is 2.43. The Morgan fingerprint density at radius 2 is 1.58 bits per heavy atom. The van der Waals surface area contributed by atoms with Crippen molar-refractivity contribution >= 4 is 12.0 Å². The van der Waals surface area contributed by atoms with Gasteiger partial charge in [0.15, 0.2) is 0 Å². The van der Waals surface area contributed by atoms with Crippen molar-refractivity contribution in [2.45, 2.75) is 25.5 Å². The number of rotatable bonds is 8. The second-order valence-corrected chi connectivity index (χ2v) is 5.80. The molecule has 1 atom stereocenters. The zero-order valence-corrected chi connectivity index (χ0v) is 15.1. The summed E-state index contributed by atoms with van der Waals surface area (Å²) in [4.78, 5) is 29.5. The molecule has 0 unspecified atom stereocenters. The van der Waals surface area contributed by atoms with E-state index in [2.05, 4.69) is 5.32 Å². The molecule has 0 radical (unpaired) electrons. The molecule has 0 heterocycles. The minimum atomic E-state index is -0.733. The van der Waals surface area contributed by atoms with Gasteiger partial charge in [-0.15, -0.1) is 0 Å². The third-order valence-corrected chi connectivity index (χ3v) is 3.95. The first-order valence-electron chi connectivity index (χ1n) is 8.43. The SMILES string of the molecule is CON(C)C(=O)[C@H](CCc1ccccc1)NC(=O)OCc1ccccc1. The highest BCUT2D eigenvalue weighted by Gasteiger charge is 2.24. The van der Waals surface area contributed by atoms with Gasteiger partial charge in [0.2, 0.25) is 0 Å². The van der Waals surface area contributed by atoms with E-state index in [9.17, 15) is 9.59 Å². The van der Waals surface area contributed by atoms with Crippen LogP contribution in [0.3, 0.4) is 0 Å². The van der Waals surface area contributed by atoms with E-state index in [1.54, 1.807) is 0 Å². The molecule has 6 nitrogen and oxygen atoms in total. The molecule has 26 heavy (non-hydrogen) atoms. The average Bonchev–Trinajstić information content (AvgIpc) is 2.70. The molecular formula is C20H24N2O4. The van der Waals surface area contributed by atoms with Crippen molar-refractivity contribution < 1.29 is 19.2 Å². The maximum absolute atomic E-state index is 12.4. The molecule has 0 saturated carbocycles. The van der Waals surface area contributed by atoms with Crippen LogP contribution < -0.4 is 5.32 Å². The number of carbonyl (C=O) groups is 2. The normalized spacial score (nSPS) is 11.5. The molecule has 0 saturated heterocycles. The number of aryl methyl sites for hydroxylation is 1. The Labute approximate surface area is 153 Å². The van der Waals surface area contributed by atoms with Crippen molar-refractivity contribution in [2.75, 3.05) is 14.2 Å². The molecule has 0 fully saturated rings. The van der Waals surface area contributed by atoms with Crippen molar-refractivity contribution in [3.8, 4) is 0 Å². The van der Waals surface area contributed by atoms with E-state index in [1.807, 2.05) is 60.7 Å². The molecule has 2 rings (SSSR count). The number of nitrogens with zero attached hydrogens (tertiary/aromatic N) is 1. The molecule has 138 valence electrons. The van der Waals surface area contributed by atoms with E-state index in [0.29, 0.717) is 12.8 Å². The maximum Gasteiger partial charge on any atom is 0.408 e. The summed E-state index contributed by atoms with van der Waals surface area (Å²) in [6.45, 7) is 0.145. The molecule has 6 heteroatoms. The van der Waals surface area contributed by atoms with Gasteiger partial charge in [-0.1, -0.05) is 60.7 Å². The van der Waals surface area contributed by atoms with Crippen LogP contribution in [0.2, 0.25) is 0 Å². The van der Waals surface area contributed by atoms with Crippen LogP contribution >= 0.6 is 0 Å². The fourth-order valence-corrected chi connectivity index (χ4v) is 2.43. The predicted molar refractivity (Wildman–Crippen MR) is 98.1 cm³/mol. The summed E-state index contributed by atoms with van der Waals surface area (Å²) in [5, 5.41) is 3.74. The lowest BCUT2D eigenvalue weighted by molar-refractivity contribution is -0.171. The van der Waals surface area contributed by atoms with E-state index < -0.39 is 12.1 Å². The van der Waals surface area contributed by atoms with E-state index in [-0.39, 0.29) is 12.5 Å². The molecule has 0 spiro atoms. The van der Waals surface area contributed by atoms with Crippen molar-refractivity contribution in [2.24, 2.45) is 0 Å². The van der Waals surface area contributed by atoms with Crippen LogP contribution in [0.4, 0.5) is 4.79 Å². The van der Waals surface area contributed by atoms with Gasteiger partial charge in [0, 0.05) is 7.05 Å². The van der Waals surface area contributed by atoms with E-state index >= 15 is 0 Å². The number of alkyl carbamates (subject to hydrolysis) is 1. The number of amides is 2. The van der Waals surface area contributed by atoms with Crippen molar-refractivity contribution in [3.05, 3.63) is 71.8 Å². The average molecular weight is 356 g/mol. The molecular weight excluding hydrogens is 332 g/mol. The summed E-state index contributed by atoms with van der Waals surface area (Å²) < 4.78 is 5.21. The van der Waals surface area contributed by atoms with Crippen molar-refractivity contribution in [1.29, 1.82) is 0 Å². The smallest absolute Gasteiger partial charge is 0.408 e. The molecule has 2 aromatic carbocycles. The van der Waals surface area contributed by atoms with Crippen LogP contribution in [0, 0.1) is 0 Å². The Bertz CT molecular complexity index is 691. The topological polar surface area (TPSA) is 67.9 Å². The second-order valence-electron chi connectivity index (χ2n) is 5.80. The van der Waals surface area contributed by atoms with Crippen molar-refractivity contribution in [1.82, 2.24) is 10.4 Å². The van der Waals surface area contributed by atoms with Crippen LogP contribution in [0.1, 0.15) is 17.5 Å². The Morgan fingerprint density at radius 3 is 2.15 bits per heavy atom. The highest BCUT2D eigenvalue weighted by atomic mass is 16.7. The Hall–Kier alpha value is -2.86. The quantitative estimate of drug-likeness (QED) is 0.739. The van der Waals surface area contributed by atoms with Crippen molar-refractivity contribution in [3.63, 3.8) is 0 Å². The summed E-state index contributed by atoms with van der Waals surface area (Å²) in [5.41, 5.74) is 1.97. The van der Waals surface area contributed by atoms with Gasteiger partial charge in [0.25, 0.3) is 5.91 Å². The van der Waals surface area contributed by atoms with Crippen LogP contribution in [0.15, 0.2) is 60.7 Å². The number of hydrogen-bond donors (Lipinski definition) is 1. The van der Waals surface area contributed by atoms with Gasteiger partial charge in [-0.2, -0.15) is 0 Å². The summed E-state index contributed by atoms with van der Waals surface area (Å²) >= 11 is 0. The Balaban J connectivity index is 1.93. The van der Waals surface area contributed by atoms with Gasteiger partial charge in [-0.3, -0.25) is 9.63 Å². The molecule has 0 bridgehead atoms. The van der Waals surface area contributed by atoms with Gasteiger partial charge in [0.1, 0.15) is 12.6 Å². The summed E-state index contributed by atoms with van der Waals surface area (Å²) in [5.74, 6) is -0.333. The third-order valence-electron chi connectivity index (χ3n) is 3.95. The highest BCUT2D eigenvalue weighted by molar-refractivity contribution is 5.84. The Morgan fingerprint density at radius 1 is 1.00 bits per heavy atom. The van der Waals surface area contributed by atoms with Crippen LogP contribution in [0.25, 0.3) is 0 Å². The molecule has 0 aliphatic heterocycles. The highest BCUT2D eigenvalue weighted by Crippen LogP contribution is 2.08. The molecule has 0 aromatic heterocycles. The maximum atomic E-state index is 12.4. The lowest BCUT2D eigenvalue weighted by Gasteiger charge is -2.22. The first-order chi connectivity index (χ1) is 12.6. The zero-order valence-electron chi connectivity index (χ0n) is 15.1.